The molecule has 7 nitrogen and oxygen atoms in total. The van der Waals surface area contributed by atoms with E-state index in [-0.39, 0.29) is 5.78 Å². The van der Waals surface area contributed by atoms with Gasteiger partial charge in [-0.2, -0.15) is 0 Å². The number of carbonyl (C=O) groups is 3. The van der Waals surface area contributed by atoms with E-state index in [9.17, 15) is 24.6 Å². The van der Waals surface area contributed by atoms with Crippen LogP contribution in [0.4, 0.5) is 0 Å². The van der Waals surface area contributed by atoms with Crippen molar-refractivity contribution in [3.05, 3.63) is 35.4 Å². The molecule has 2 aliphatic rings. The lowest BCUT2D eigenvalue weighted by Gasteiger charge is -2.38. The van der Waals surface area contributed by atoms with E-state index in [1.165, 1.54) is 0 Å². The van der Waals surface area contributed by atoms with Crippen LogP contribution in [0.3, 0.4) is 0 Å². The van der Waals surface area contributed by atoms with Crippen LogP contribution in [0.2, 0.25) is 0 Å². The molecule has 0 amide bonds. The zero-order valence-electron chi connectivity index (χ0n) is 15.4. The van der Waals surface area contributed by atoms with Crippen LogP contribution in [-0.4, -0.2) is 45.6 Å². The summed E-state index contributed by atoms with van der Waals surface area (Å²) >= 11 is 0. The van der Waals surface area contributed by atoms with Gasteiger partial charge in [0.1, 0.15) is 11.6 Å². The molecule has 1 fully saturated rings. The molecule has 1 aliphatic carbocycles. The molecule has 1 aliphatic heterocycles. The van der Waals surface area contributed by atoms with Gasteiger partial charge in [0, 0.05) is 0 Å². The average Bonchev–Trinajstić information content (AvgIpc) is 2.67. The molecular weight excluding hydrogens is 348 g/mol. The fourth-order valence-electron chi connectivity index (χ4n) is 4.28. The summed E-state index contributed by atoms with van der Waals surface area (Å²) in [5.74, 6) is -2.17. The monoisotopic (exact) mass is 374 g/mol. The first-order valence-electron chi connectivity index (χ1n) is 9.45. The van der Waals surface area contributed by atoms with Crippen molar-refractivity contribution in [2.24, 2.45) is 0 Å². The average molecular weight is 374 g/mol. The van der Waals surface area contributed by atoms with Gasteiger partial charge in [-0.05, 0) is 37.3 Å². The number of ketones is 1. The number of aliphatic carboxylic acids is 2. The molecule has 2 unspecified atom stereocenters. The van der Waals surface area contributed by atoms with Crippen molar-refractivity contribution in [3.8, 4) is 0 Å². The molecule has 1 aromatic rings. The fraction of sp³-hybridized carbons (Fsp3) is 0.550. The Labute approximate surface area is 158 Å². The minimum absolute atomic E-state index is 0.236. The highest BCUT2D eigenvalue weighted by atomic mass is 16.4. The van der Waals surface area contributed by atoms with Gasteiger partial charge >= 0.3 is 11.9 Å². The maximum absolute atomic E-state index is 13.2. The van der Waals surface area contributed by atoms with Crippen molar-refractivity contribution in [3.63, 3.8) is 0 Å². The molecule has 0 bridgehead atoms. The Hall–Kier alpha value is -2.25. The van der Waals surface area contributed by atoms with E-state index in [2.05, 4.69) is 10.6 Å². The predicted molar refractivity (Wildman–Crippen MR) is 98.5 cm³/mol. The van der Waals surface area contributed by atoms with Crippen LogP contribution in [0.15, 0.2) is 24.3 Å². The van der Waals surface area contributed by atoms with Gasteiger partial charge < -0.3 is 10.2 Å². The fourth-order valence-corrected chi connectivity index (χ4v) is 4.28. The third-order valence-corrected chi connectivity index (χ3v) is 5.78. The van der Waals surface area contributed by atoms with Crippen molar-refractivity contribution < 1.29 is 24.6 Å². The molecule has 0 saturated heterocycles. The first-order chi connectivity index (χ1) is 12.8. The molecule has 27 heavy (non-hydrogen) atoms. The second-order valence-corrected chi connectivity index (χ2v) is 7.61. The van der Waals surface area contributed by atoms with Gasteiger partial charge in [-0.25, -0.2) is 0 Å². The van der Waals surface area contributed by atoms with E-state index in [1.807, 2.05) is 24.3 Å². The third kappa shape index (κ3) is 3.89. The maximum atomic E-state index is 13.2. The molecule has 3 atom stereocenters. The molecule has 3 rings (SSSR count). The number of nitrogens with one attached hydrogen (secondary N) is 2. The van der Waals surface area contributed by atoms with Crippen LogP contribution in [-0.2, 0) is 20.8 Å². The van der Waals surface area contributed by atoms with Crippen LogP contribution in [0.25, 0.3) is 0 Å². The van der Waals surface area contributed by atoms with E-state index in [0.29, 0.717) is 19.3 Å². The first-order valence-corrected chi connectivity index (χ1v) is 9.45. The van der Waals surface area contributed by atoms with Gasteiger partial charge in [-0.15, -0.1) is 0 Å². The zero-order valence-corrected chi connectivity index (χ0v) is 15.4. The van der Waals surface area contributed by atoms with Crippen LogP contribution in [0.5, 0.6) is 0 Å². The maximum Gasteiger partial charge on any atom is 0.323 e. The Morgan fingerprint density at radius 3 is 2.44 bits per heavy atom. The summed E-state index contributed by atoms with van der Waals surface area (Å²) in [5.41, 5.74) is 0.509. The van der Waals surface area contributed by atoms with Crippen LogP contribution in [0, 0.1) is 0 Å². The summed E-state index contributed by atoms with van der Waals surface area (Å²) in [5, 5.41) is 25.1. The number of carboxylic acids is 2. The summed E-state index contributed by atoms with van der Waals surface area (Å²) in [7, 11) is 0. The second-order valence-electron chi connectivity index (χ2n) is 7.61. The summed E-state index contributed by atoms with van der Waals surface area (Å²) < 4.78 is 0. The molecule has 0 spiro atoms. The normalized spacial score (nSPS) is 25.2. The second kappa shape index (κ2) is 7.78. The molecule has 0 aromatic heterocycles. The summed E-state index contributed by atoms with van der Waals surface area (Å²) in [6, 6.07) is 4.98. The molecule has 7 heteroatoms. The number of carbonyl (C=O) groups excluding carboxylic acids is 1. The number of carboxylic acid groups (broad SMARTS) is 2. The summed E-state index contributed by atoms with van der Waals surface area (Å²) in [4.78, 5) is 36.5. The topological polar surface area (TPSA) is 116 Å². The lowest BCUT2D eigenvalue weighted by molar-refractivity contribution is -0.147. The smallest absolute Gasteiger partial charge is 0.323 e. The van der Waals surface area contributed by atoms with E-state index < -0.39 is 35.6 Å². The minimum Gasteiger partial charge on any atom is -0.480 e. The number of Topliss-reactive ketones (excluding diaryl/α,β-unsaturated/α-hetero) is 1. The Morgan fingerprint density at radius 2 is 1.81 bits per heavy atom. The Bertz CT molecular complexity index is 742. The molecule has 1 heterocycles. The highest BCUT2D eigenvalue weighted by molar-refractivity contribution is 5.92. The SMILES string of the molecule is C[C@H](NC1(C(=O)O)CCCCC1)C(=O)C1NC(C(=O)O)Cc2ccccc21. The van der Waals surface area contributed by atoms with Crippen molar-refractivity contribution in [2.45, 2.75) is 69.1 Å². The third-order valence-electron chi connectivity index (χ3n) is 5.78. The van der Waals surface area contributed by atoms with Crippen molar-refractivity contribution >= 4 is 17.7 Å². The number of fused-ring (bicyclic) bond motifs is 1. The van der Waals surface area contributed by atoms with Gasteiger partial charge in [0.15, 0.2) is 5.78 Å². The van der Waals surface area contributed by atoms with Gasteiger partial charge in [0.25, 0.3) is 0 Å². The quantitative estimate of drug-likeness (QED) is 0.598. The Kier molecular flexibility index (Phi) is 5.62. The zero-order chi connectivity index (χ0) is 19.6. The first kappa shape index (κ1) is 19.5. The largest absolute Gasteiger partial charge is 0.480 e. The lowest BCUT2D eigenvalue weighted by Crippen LogP contribution is -2.60. The number of benzene rings is 1. The Balaban J connectivity index is 1.83. The predicted octanol–water partition coefficient (Wildman–Crippen LogP) is 1.66. The van der Waals surface area contributed by atoms with Gasteiger partial charge in [0.05, 0.1) is 12.1 Å². The number of hydrogen-bond acceptors (Lipinski definition) is 5. The van der Waals surface area contributed by atoms with Crippen LogP contribution in [0.1, 0.15) is 56.2 Å². The van der Waals surface area contributed by atoms with Crippen LogP contribution < -0.4 is 10.6 Å². The van der Waals surface area contributed by atoms with Crippen molar-refractivity contribution in [2.75, 3.05) is 0 Å². The highest BCUT2D eigenvalue weighted by Gasteiger charge is 2.43. The summed E-state index contributed by atoms with van der Waals surface area (Å²) in [6.07, 6.45) is 3.92. The number of hydrogen-bond donors (Lipinski definition) is 4. The van der Waals surface area contributed by atoms with Crippen molar-refractivity contribution in [1.29, 1.82) is 0 Å². The van der Waals surface area contributed by atoms with Crippen LogP contribution >= 0.6 is 0 Å². The van der Waals surface area contributed by atoms with Gasteiger partial charge in [-0.3, -0.25) is 25.0 Å². The lowest BCUT2D eigenvalue weighted by atomic mass is 9.80. The van der Waals surface area contributed by atoms with E-state index in [1.54, 1.807) is 6.92 Å². The summed E-state index contributed by atoms with van der Waals surface area (Å²) in [6.45, 7) is 1.66. The molecule has 1 saturated carbocycles. The van der Waals surface area contributed by atoms with E-state index >= 15 is 0 Å². The van der Waals surface area contributed by atoms with E-state index in [0.717, 1.165) is 30.4 Å². The minimum atomic E-state index is -1.09. The molecule has 4 N–H and O–H groups in total. The standard InChI is InChI=1S/C20H26N2O5/c1-12(22-20(19(26)27)9-5-2-6-10-20)17(23)16-14-8-4-3-7-13(14)11-15(21-16)18(24)25/h3-4,7-8,12,15-16,21-22H,2,5-6,9-11H2,1H3,(H,24,25)(H,26,27)/t12-,15?,16?/m0/s1. The highest BCUT2D eigenvalue weighted by Crippen LogP contribution is 2.31. The van der Waals surface area contributed by atoms with Crippen molar-refractivity contribution in [1.82, 2.24) is 10.6 Å². The molecule has 146 valence electrons. The van der Waals surface area contributed by atoms with Gasteiger partial charge in [0.2, 0.25) is 0 Å². The number of rotatable bonds is 6. The molecule has 0 radical (unpaired) electrons. The van der Waals surface area contributed by atoms with E-state index in [4.69, 9.17) is 0 Å². The Morgan fingerprint density at radius 1 is 1.15 bits per heavy atom. The van der Waals surface area contributed by atoms with Gasteiger partial charge in [-0.1, -0.05) is 43.5 Å². The molecule has 1 aromatic carbocycles. The molecular formula is C20H26N2O5.